The normalized spacial score (nSPS) is 11.6. The molecule has 0 fully saturated rings. The summed E-state index contributed by atoms with van der Waals surface area (Å²) in [5.41, 5.74) is 0. The molecule has 0 radical (unpaired) electrons. The zero-order valence-corrected chi connectivity index (χ0v) is 33.2. The predicted molar refractivity (Wildman–Crippen MR) is 210 cm³/mol. The Bertz CT molecular complexity index is 833. The van der Waals surface area contributed by atoms with Crippen LogP contribution in [0.3, 0.4) is 0 Å². The Hall–Kier alpha value is -1.80. The lowest BCUT2D eigenvalue weighted by molar-refractivity contribution is -0.143. The molecule has 0 saturated carbocycles. The molecule has 0 rings (SSSR count). The van der Waals surface area contributed by atoms with Gasteiger partial charge in [-0.1, -0.05) is 129 Å². The summed E-state index contributed by atoms with van der Waals surface area (Å²) in [5.74, 6) is 0.812. The van der Waals surface area contributed by atoms with Crippen molar-refractivity contribution in [3.8, 4) is 0 Å². The minimum absolute atomic E-state index is 0.0470. The van der Waals surface area contributed by atoms with Gasteiger partial charge in [-0.2, -0.15) is 11.8 Å². The van der Waals surface area contributed by atoms with Crippen LogP contribution in [0.25, 0.3) is 0 Å². The monoisotopic (exact) mass is 709 g/mol. The molecule has 1 amide bonds. The summed E-state index contributed by atoms with van der Waals surface area (Å²) in [6.45, 7) is 6.67. The largest absolute Gasteiger partial charge is 0.461 e. The molecule has 8 heteroatoms. The SMILES string of the molecule is CCCCCCCCCCC/C=C\COC(=O)CCCN(CCCC(=O)O/C=C\CCCCCCCCCCC)C(=O)CSCCN(C)C. The first-order valence-corrected chi connectivity index (χ1v) is 21.2. The van der Waals surface area contributed by atoms with Crippen LogP contribution in [0.4, 0.5) is 0 Å². The van der Waals surface area contributed by atoms with Crippen molar-refractivity contribution in [2.24, 2.45) is 0 Å². The van der Waals surface area contributed by atoms with Crippen LogP contribution in [-0.4, -0.2) is 79.5 Å². The van der Waals surface area contributed by atoms with Crippen LogP contribution in [0.2, 0.25) is 0 Å². The number of ether oxygens (including phenoxy) is 2. The zero-order chi connectivity index (χ0) is 36.0. The van der Waals surface area contributed by atoms with Gasteiger partial charge in [-0.25, -0.2) is 0 Å². The highest BCUT2D eigenvalue weighted by atomic mass is 32.2. The van der Waals surface area contributed by atoms with E-state index in [0.717, 1.165) is 31.6 Å². The van der Waals surface area contributed by atoms with E-state index in [0.29, 0.717) is 38.3 Å². The molecule has 0 unspecified atom stereocenters. The lowest BCUT2D eigenvalue weighted by atomic mass is 10.1. The number of allylic oxidation sites excluding steroid dienone is 2. The topological polar surface area (TPSA) is 76.1 Å². The highest BCUT2D eigenvalue weighted by molar-refractivity contribution is 7.99. The van der Waals surface area contributed by atoms with Gasteiger partial charge in [0.15, 0.2) is 0 Å². The molecule has 0 aromatic carbocycles. The summed E-state index contributed by atoms with van der Waals surface area (Å²) in [5, 5.41) is 0. The molecular weight excluding hydrogens is 633 g/mol. The van der Waals surface area contributed by atoms with E-state index in [1.807, 2.05) is 26.2 Å². The van der Waals surface area contributed by atoms with Gasteiger partial charge in [-0.05, 0) is 58.7 Å². The molecule has 0 atom stereocenters. The Morgan fingerprint density at radius 2 is 1.06 bits per heavy atom. The number of rotatable bonds is 36. The summed E-state index contributed by atoms with van der Waals surface area (Å²) in [7, 11) is 4.04. The average Bonchev–Trinajstić information content (AvgIpc) is 3.08. The van der Waals surface area contributed by atoms with E-state index in [2.05, 4.69) is 24.8 Å². The summed E-state index contributed by atoms with van der Waals surface area (Å²) in [4.78, 5) is 41.4. The van der Waals surface area contributed by atoms with Crippen molar-refractivity contribution >= 4 is 29.6 Å². The van der Waals surface area contributed by atoms with Crippen LogP contribution in [0.5, 0.6) is 0 Å². The third kappa shape index (κ3) is 35.8. The predicted octanol–water partition coefficient (Wildman–Crippen LogP) is 10.7. The molecule has 286 valence electrons. The molecule has 0 aromatic heterocycles. The van der Waals surface area contributed by atoms with Crippen LogP contribution in [0, 0.1) is 0 Å². The number of hydrogen-bond donors (Lipinski definition) is 0. The first-order valence-electron chi connectivity index (χ1n) is 20.1. The number of nitrogens with zero attached hydrogens (tertiary/aromatic N) is 2. The second-order valence-corrected chi connectivity index (χ2v) is 14.8. The van der Waals surface area contributed by atoms with E-state index in [1.165, 1.54) is 115 Å². The fraction of sp³-hybridized carbons (Fsp3) is 0.829. The molecule has 0 aliphatic heterocycles. The van der Waals surface area contributed by atoms with Crippen molar-refractivity contribution in [3.05, 3.63) is 24.5 Å². The summed E-state index contributed by atoms with van der Waals surface area (Å²) < 4.78 is 10.7. The van der Waals surface area contributed by atoms with E-state index in [1.54, 1.807) is 16.7 Å². The number of esters is 2. The Labute approximate surface area is 306 Å². The molecule has 0 saturated heterocycles. The summed E-state index contributed by atoms with van der Waals surface area (Å²) in [6, 6.07) is 0. The average molecular weight is 709 g/mol. The van der Waals surface area contributed by atoms with Gasteiger partial charge in [0.05, 0.1) is 12.0 Å². The van der Waals surface area contributed by atoms with E-state index in [-0.39, 0.29) is 30.7 Å². The van der Waals surface area contributed by atoms with E-state index in [4.69, 9.17) is 9.47 Å². The number of carbonyl (C=O) groups is 3. The first-order chi connectivity index (χ1) is 23.9. The van der Waals surface area contributed by atoms with Gasteiger partial charge in [-0.3, -0.25) is 14.4 Å². The minimum atomic E-state index is -0.273. The third-order valence-corrected chi connectivity index (χ3v) is 9.55. The van der Waals surface area contributed by atoms with Gasteiger partial charge < -0.3 is 19.3 Å². The molecule has 0 spiro atoms. The fourth-order valence-corrected chi connectivity index (χ4v) is 6.48. The lowest BCUT2D eigenvalue weighted by Crippen LogP contribution is -2.35. The number of hydrogen-bond acceptors (Lipinski definition) is 7. The van der Waals surface area contributed by atoms with Crippen molar-refractivity contribution in [3.63, 3.8) is 0 Å². The lowest BCUT2D eigenvalue weighted by Gasteiger charge is -2.22. The van der Waals surface area contributed by atoms with Gasteiger partial charge in [0.25, 0.3) is 0 Å². The van der Waals surface area contributed by atoms with Crippen LogP contribution in [0.1, 0.15) is 168 Å². The molecule has 0 heterocycles. The maximum absolute atomic E-state index is 13.0. The molecule has 49 heavy (non-hydrogen) atoms. The van der Waals surface area contributed by atoms with Crippen molar-refractivity contribution in [2.45, 2.75) is 168 Å². The third-order valence-electron chi connectivity index (χ3n) is 8.63. The molecule has 7 nitrogen and oxygen atoms in total. The van der Waals surface area contributed by atoms with Gasteiger partial charge in [-0.15, -0.1) is 0 Å². The highest BCUT2D eigenvalue weighted by Crippen LogP contribution is 2.12. The smallest absolute Gasteiger partial charge is 0.310 e. The van der Waals surface area contributed by atoms with Gasteiger partial charge >= 0.3 is 11.9 Å². The molecule has 0 N–H and O–H groups in total. The number of carbonyl (C=O) groups excluding carboxylic acids is 3. The van der Waals surface area contributed by atoms with Crippen molar-refractivity contribution < 1.29 is 23.9 Å². The zero-order valence-electron chi connectivity index (χ0n) is 32.4. The Morgan fingerprint density at radius 1 is 0.571 bits per heavy atom. The summed E-state index contributed by atoms with van der Waals surface area (Å²) >= 11 is 1.62. The summed E-state index contributed by atoms with van der Waals surface area (Å²) in [6.07, 6.45) is 34.6. The van der Waals surface area contributed by atoms with Gasteiger partial charge in [0.2, 0.25) is 5.91 Å². The molecule has 0 aliphatic rings. The second kappa shape index (κ2) is 37.5. The minimum Gasteiger partial charge on any atom is -0.461 e. The van der Waals surface area contributed by atoms with Crippen LogP contribution in [-0.2, 0) is 23.9 Å². The van der Waals surface area contributed by atoms with Gasteiger partial charge in [0, 0.05) is 38.2 Å². The Balaban J connectivity index is 4.23. The number of thioether (sulfide) groups is 1. The maximum Gasteiger partial charge on any atom is 0.310 e. The Morgan fingerprint density at radius 3 is 1.59 bits per heavy atom. The van der Waals surface area contributed by atoms with Crippen LogP contribution < -0.4 is 0 Å². The van der Waals surface area contributed by atoms with Crippen LogP contribution in [0.15, 0.2) is 24.5 Å². The van der Waals surface area contributed by atoms with Crippen molar-refractivity contribution in [1.29, 1.82) is 0 Å². The second-order valence-electron chi connectivity index (χ2n) is 13.7. The maximum atomic E-state index is 13.0. The number of amides is 1. The quantitative estimate of drug-likeness (QED) is 0.0277. The Kier molecular flexibility index (Phi) is 36.1. The van der Waals surface area contributed by atoms with Crippen molar-refractivity contribution in [1.82, 2.24) is 9.80 Å². The fourth-order valence-electron chi connectivity index (χ4n) is 5.48. The number of unbranched alkanes of at least 4 members (excludes halogenated alkanes) is 18. The first kappa shape index (κ1) is 47.2. The van der Waals surface area contributed by atoms with Crippen molar-refractivity contribution in [2.75, 3.05) is 51.8 Å². The van der Waals surface area contributed by atoms with E-state index >= 15 is 0 Å². The van der Waals surface area contributed by atoms with Gasteiger partial charge in [0.1, 0.15) is 6.61 Å². The van der Waals surface area contributed by atoms with E-state index < -0.39 is 0 Å². The highest BCUT2D eigenvalue weighted by Gasteiger charge is 2.15. The standard InChI is InChI=1S/C41H76N2O5S/c1-5-7-9-11-13-15-17-19-21-23-25-27-36-48-41(46)31-29-33-43(39(44)38-49-37-34-42(3)4)32-28-30-40(45)47-35-26-24-22-20-18-16-14-12-10-8-6-2/h25-27,35H,5-24,28-34,36-38H2,1-4H3/b27-25-,35-26-. The molecular formula is C41H76N2O5S. The molecule has 0 bridgehead atoms. The molecule has 0 aliphatic carbocycles. The van der Waals surface area contributed by atoms with E-state index in [9.17, 15) is 14.4 Å². The van der Waals surface area contributed by atoms with Crippen LogP contribution >= 0.6 is 11.8 Å². The molecule has 0 aromatic rings.